The van der Waals surface area contributed by atoms with Gasteiger partial charge in [0, 0.05) is 16.6 Å². The Labute approximate surface area is 150 Å². The molecule has 1 fully saturated rings. The van der Waals surface area contributed by atoms with E-state index in [0.717, 1.165) is 4.47 Å². The number of carbonyl (C=O) groups excluding carboxylic acids is 1. The second-order valence-corrected chi connectivity index (χ2v) is 7.43. The van der Waals surface area contributed by atoms with E-state index in [1.54, 1.807) is 24.3 Å². The van der Waals surface area contributed by atoms with E-state index in [4.69, 9.17) is 0 Å². The van der Waals surface area contributed by atoms with Crippen LogP contribution in [0.3, 0.4) is 0 Å². The van der Waals surface area contributed by atoms with Gasteiger partial charge in [-0.15, -0.1) is 0 Å². The standard InChI is InChI=1S/C19H22BrF2NO/c1-12(2)13(3)23-17(24)7-5-4-6-16-18(19(16,21)22)14-8-10-15(20)11-9-14/h4-13,16,18H,1-3H3,(H,23,24)/t13?,16-,18-/m0/s1. The maximum atomic E-state index is 13.9. The molecule has 0 heterocycles. The molecular formula is C19H22BrF2NO. The zero-order chi connectivity index (χ0) is 17.9. The molecule has 3 atom stereocenters. The van der Waals surface area contributed by atoms with Crippen LogP contribution in [0.2, 0.25) is 0 Å². The van der Waals surface area contributed by atoms with Gasteiger partial charge in [-0.25, -0.2) is 8.78 Å². The summed E-state index contributed by atoms with van der Waals surface area (Å²) in [7, 11) is 0. The number of amides is 1. The molecule has 2 nitrogen and oxygen atoms in total. The Morgan fingerprint density at radius 2 is 1.83 bits per heavy atom. The van der Waals surface area contributed by atoms with Crippen LogP contribution in [-0.4, -0.2) is 17.9 Å². The van der Waals surface area contributed by atoms with Crippen molar-refractivity contribution in [3.05, 3.63) is 58.6 Å². The molecular weight excluding hydrogens is 376 g/mol. The van der Waals surface area contributed by atoms with Gasteiger partial charge in [0.25, 0.3) is 5.92 Å². The largest absolute Gasteiger partial charge is 0.350 e. The van der Waals surface area contributed by atoms with Crippen LogP contribution in [0.5, 0.6) is 0 Å². The topological polar surface area (TPSA) is 29.1 Å². The van der Waals surface area contributed by atoms with Crippen molar-refractivity contribution in [2.45, 2.75) is 38.7 Å². The Morgan fingerprint density at radius 3 is 2.42 bits per heavy atom. The second-order valence-electron chi connectivity index (χ2n) is 6.51. The molecule has 1 aliphatic carbocycles. The van der Waals surface area contributed by atoms with E-state index < -0.39 is 17.8 Å². The van der Waals surface area contributed by atoms with E-state index in [0.29, 0.717) is 11.5 Å². The van der Waals surface area contributed by atoms with Gasteiger partial charge in [-0.1, -0.05) is 60.1 Å². The minimum atomic E-state index is -2.73. The monoisotopic (exact) mass is 397 g/mol. The SMILES string of the molecule is CC(C)C(C)NC(=O)C=CC=C[C@H]1[C@H](c2ccc(Br)cc2)C1(F)F. The summed E-state index contributed by atoms with van der Waals surface area (Å²) in [5, 5.41) is 2.83. The maximum absolute atomic E-state index is 13.9. The fourth-order valence-corrected chi connectivity index (χ4v) is 2.72. The summed E-state index contributed by atoms with van der Waals surface area (Å²) >= 11 is 3.30. The molecule has 130 valence electrons. The van der Waals surface area contributed by atoms with Crippen LogP contribution in [-0.2, 0) is 4.79 Å². The molecule has 1 amide bonds. The van der Waals surface area contributed by atoms with Gasteiger partial charge in [-0.2, -0.15) is 0 Å². The van der Waals surface area contributed by atoms with Crippen LogP contribution >= 0.6 is 15.9 Å². The van der Waals surface area contributed by atoms with E-state index in [9.17, 15) is 13.6 Å². The van der Waals surface area contributed by atoms with E-state index in [1.807, 2.05) is 20.8 Å². The summed E-state index contributed by atoms with van der Waals surface area (Å²) in [5.74, 6) is -4.21. The second kappa shape index (κ2) is 7.60. The third-order valence-electron chi connectivity index (χ3n) is 4.39. The van der Waals surface area contributed by atoms with E-state index in [-0.39, 0.29) is 11.9 Å². The molecule has 1 unspecified atom stereocenters. The highest BCUT2D eigenvalue weighted by atomic mass is 79.9. The van der Waals surface area contributed by atoms with Crippen molar-refractivity contribution in [3.63, 3.8) is 0 Å². The first-order valence-corrected chi connectivity index (χ1v) is 8.81. The number of nitrogens with one attached hydrogen (secondary N) is 1. The van der Waals surface area contributed by atoms with Gasteiger partial charge < -0.3 is 5.32 Å². The van der Waals surface area contributed by atoms with Gasteiger partial charge >= 0.3 is 0 Å². The predicted octanol–water partition coefficient (Wildman–Crippen LogP) is 5.07. The Bertz CT molecular complexity index is 637. The highest BCUT2D eigenvalue weighted by Gasteiger charge is 2.67. The predicted molar refractivity (Wildman–Crippen MR) is 96.0 cm³/mol. The number of hydrogen-bond donors (Lipinski definition) is 1. The van der Waals surface area contributed by atoms with Gasteiger partial charge in [-0.05, 0) is 30.5 Å². The van der Waals surface area contributed by atoms with Crippen LogP contribution in [0.1, 0.15) is 32.3 Å². The van der Waals surface area contributed by atoms with Crippen LogP contribution in [0, 0.1) is 11.8 Å². The summed E-state index contributed by atoms with van der Waals surface area (Å²) in [5.41, 5.74) is 0.630. The lowest BCUT2D eigenvalue weighted by Crippen LogP contribution is -2.34. The molecule has 1 aromatic rings. The Morgan fingerprint density at radius 1 is 1.21 bits per heavy atom. The van der Waals surface area contributed by atoms with Gasteiger partial charge in [0.15, 0.2) is 0 Å². The molecule has 1 N–H and O–H groups in total. The highest BCUT2D eigenvalue weighted by molar-refractivity contribution is 9.10. The average molecular weight is 398 g/mol. The minimum absolute atomic E-state index is 0.0701. The maximum Gasteiger partial charge on any atom is 0.262 e. The Kier molecular flexibility index (Phi) is 5.97. The quantitative estimate of drug-likeness (QED) is 0.526. The van der Waals surface area contributed by atoms with E-state index >= 15 is 0 Å². The smallest absolute Gasteiger partial charge is 0.262 e. The van der Waals surface area contributed by atoms with Gasteiger partial charge in [0.2, 0.25) is 5.91 Å². The third-order valence-corrected chi connectivity index (χ3v) is 4.91. The summed E-state index contributed by atoms with van der Waals surface area (Å²) in [6.45, 7) is 5.97. The lowest BCUT2D eigenvalue weighted by atomic mass is 10.1. The van der Waals surface area contributed by atoms with Crippen LogP contribution in [0.25, 0.3) is 0 Å². The van der Waals surface area contributed by atoms with Crippen molar-refractivity contribution in [3.8, 4) is 0 Å². The van der Waals surface area contributed by atoms with Crippen molar-refractivity contribution in [1.82, 2.24) is 5.32 Å². The summed E-state index contributed by atoms with van der Waals surface area (Å²) in [6.07, 6.45) is 5.87. The molecule has 0 radical (unpaired) electrons. The molecule has 1 saturated carbocycles. The number of carbonyl (C=O) groups is 1. The minimum Gasteiger partial charge on any atom is -0.350 e. The van der Waals surface area contributed by atoms with Gasteiger partial charge in [-0.3, -0.25) is 4.79 Å². The van der Waals surface area contributed by atoms with Crippen molar-refractivity contribution < 1.29 is 13.6 Å². The Hall–Kier alpha value is -1.49. The van der Waals surface area contributed by atoms with E-state index in [2.05, 4.69) is 21.2 Å². The average Bonchev–Trinajstić information content (AvgIpc) is 3.05. The molecule has 0 bridgehead atoms. The lowest BCUT2D eigenvalue weighted by Gasteiger charge is -2.15. The molecule has 24 heavy (non-hydrogen) atoms. The first kappa shape index (κ1) is 18.8. The third kappa shape index (κ3) is 4.53. The molecule has 0 spiro atoms. The van der Waals surface area contributed by atoms with Crippen LogP contribution in [0.4, 0.5) is 8.78 Å². The molecule has 1 aliphatic rings. The number of allylic oxidation sites excluding steroid dienone is 3. The number of benzene rings is 1. The van der Waals surface area contributed by atoms with Crippen molar-refractivity contribution in [2.24, 2.45) is 11.8 Å². The number of rotatable bonds is 6. The highest BCUT2D eigenvalue weighted by Crippen LogP contribution is 2.62. The number of hydrogen-bond acceptors (Lipinski definition) is 1. The molecule has 1 aromatic carbocycles. The van der Waals surface area contributed by atoms with Crippen molar-refractivity contribution in [1.29, 1.82) is 0 Å². The summed E-state index contributed by atoms with van der Waals surface area (Å²) in [4.78, 5) is 11.7. The number of halogens is 3. The van der Waals surface area contributed by atoms with Gasteiger partial charge in [0.1, 0.15) is 0 Å². The molecule has 0 saturated heterocycles. The number of alkyl halides is 2. The lowest BCUT2D eigenvalue weighted by molar-refractivity contribution is -0.117. The van der Waals surface area contributed by atoms with E-state index in [1.165, 1.54) is 24.3 Å². The fourth-order valence-electron chi connectivity index (χ4n) is 2.46. The van der Waals surface area contributed by atoms with Crippen LogP contribution in [0.15, 0.2) is 53.0 Å². The zero-order valence-corrected chi connectivity index (χ0v) is 15.6. The zero-order valence-electron chi connectivity index (χ0n) is 14.0. The summed E-state index contributed by atoms with van der Waals surface area (Å²) < 4.78 is 28.7. The molecule has 0 aliphatic heterocycles. The molecule has 2 rings (SSSR count). The van der Waals surface area contributed by atoms with Gasteiger partial charge in [0.05, 0.1) is 11.8 Å². The first-order chi connectivity index (χ1) is 11.2. The normalized spacial score (nSPS) is 23.8. The summed E-state index contributed by atoms with van der Waals surface area (Å²) in [6, 6.07) is 7.04. The molecule has 5 heteroatoms. The fraction of sp³-hybridized carbons (Fsp3) is 0.421. The van der Waals surface area contributed by atoms with Crippen molar-refractivity contribution >= 4 is 21.8 Å². The molecule has 0 aromatic heterocycles. The van der Waals surface area contributed by atoms with Crippen LogP contribution < -0.4 is 5.32 Å². The van der Waals surface area contributed by atoms with Crippen molar-refractivity contribution in [2.75, 3.05) is 0 Å². The first-order valence-electron chi connectivity index (χ1n) is 8.02. The Balaban J connectivity index is 1.91.